The Bertz CT molecular complexity index is 429. The van der Waals surface area contributed by atoms with E-state index in [4.69, 9.17) is 0 Å². The van der Waals surface area contributed by atoms with E-state index in [1.165, 1.54) is 21.2 Å². The molecule has 0 aliphatic heterocycles. The molecule has 68 valence electrons. The second kappa shape index (κ2) is 3.11. The SMILES string of the molecule is Cc1ccc(C(C)C)c2sncc12. The van der Waals surface area contributed by atoms with Gasteiger partial charge in [-0.3, -0.25) is 0 Å². The van der Waals surface area contributed by atoms with E-state index in [9.17, 15) is 0 Å². The topological polar surface area (TPSA) is 12.9 Å². The van der Waals surface area contributed by atoms with Crippen LogP contribution in [0.15, 0.2) is 18.3 Å². The van der Waals surface area contributed by atoms with E-state index >= 15 is 0 Å². The van der Waals surface area contributed by atoms with Crippen molar-refractivity contribution < 1.29 is 0 Å². The third kappa shape index (κ3) is 1.35. The number of fused-ring (bicyclic) bond motifs is 1. The molecule has 0 fully saturated rings. The fourth-order valence-corrected chi connectivity index (χ4v) is 2.55. The highest BCUT2D eigenvalue weighted by Crippen LogP contribution is 2.30. The molecule has 0 unspecified atom stereocenters. The van der Waals surface area contributed by atoms with E-state index in [1.807, 2.05) is 6.20 Å². The molecule has 0 radical (unpaired) electrons. The molecule has 2 aromatic rings. The van der Waals surface area contributed by atoms with Crippen LogP contribution in [-0.4, -0.2) is 4.37 Å². The van der Waals surface area contributed by atoms with Gasteiger partial charge in [-0.05, 0) is 35.5 Å². The maximum Gasteiger partial charge on any atom is 0.0587 e. The van der Waals surface area contributed by atoms with Crippen LogP contribution in [0.5, 0.6) is 0 Å². The fourth-order valence-electron chi connectivity index (χ4n) is 1.56. The molecule has 13 heavy (non-hydrogen) atoms. The molecular formula is C11H13NS. The lowest BCUT2D eigenvalue weighted by molar-refractivity contribution is 0.878. The predicted octanol–water partition coefficient (Wildman–Crippen LogP) is 3.73. The normalized spacial score (nSPS) is 11.4. The van der Waals surface area contributed by atoms with Crippen LogP contribution in [0.1, 0.15) is 30.9 Å². The Morgan fingerprint density at radius 1 is 1.31 bits per heavy atom. The number of rotatable bonds is 1. The number of hydrogen-bond donors (Lipinski definition) is 0. The predicted molar refractivity (Wildman–Crippen MR) is 58.4 cm³/mol. The van der Waals surface area contributed by atoms with Crippen molar-refractivity contribution in [1.29, 1.82) is 0 Å². The number of aromatic nitrogens is 1. The Kier molecular flexibility index (Phi) is 2.08. The van der Waals surface area contributed by atoms with Crippen LogP contribution in [0.3, 0.4) is 0 Å². The van der Waals surface area contributed by atoms with Crippen LogP contribution in [0.25, 0.3) is 10.1 Å². The summed E-state index contributed by atoms with van der Waals surface area (Å²) >= 11 is 1.61. The first-order valence-electron chi connectivity index (χ1n) is 4.54. The third-order valence-corrected chi connectivity index (χ3v) is 3.24. The standard InChI is InChI=1S/C11H13NS/c1-7(2)9-5-4-8(3)10-6-12-13-11(9)10/h4-7H,1-3H3. The average Bonchev–Trinajstić information content (AvgIpc) is 2.53. The zero-order valence-corrected chi connectivity index (χ0v) is 8.98. The Balaban J connectivity index is 2.78. The van der Waals surface area contributed by atoms with E-state index in [1.54, 1.807) is 11.5 Å². The summed E-state index contributed by atoms with van der Waals surface area (Å²) in [5.41, 5.74) is 2.75. The third-order valence-electron chi connectivity index (χ3n) is 2.39. The quantitative estimate of drug-likeness (QED) is 0.669. The van der Waals surface area contributed by atoms with E-state index in [0.717, 1.165) is 0 Å². The zero-order valence-electron chi connectivity index (χ0n) is 8.16. The first-order chi connectivity index (χ1) is 6.20. The highest BCUT2D eigenvalue weighted by Gasteiger charge is 2.08. The minimum Gasteiger partial charge on any atom is -0.200 e. The van der Waals surface area contributed by atoms with Gasteiger partial charge < -0.3 is 0 Å². The van der Waals surface area contributed by atoms with Crippen molar-refractivity contribution >= 4 is 21.6 Å². The molecule has 1 aromatic heterocycles. The highest BCUT2D eigenvalue weighted by atomic mass is 32.1. The largest absolute Gasteiger partial charge is 0.200 e. The van der Waals surface area contributed by atoms with Gasteiger partial charge in [0, 0.05) is 11.6 Å². The second-order valence-electron chi connectivity index (χ2n) is 3.69. The first-order valence-corrected chi connectivity index (χ1v) is 5.31. The fraction of sp³-hybridized carbons (Fsp3) is 0.364. The van der Waals surface area contributed by atoms with Gasteiger partial charge in [0.15, 0.2) is 0 Å². The lowest BCUT2D eigenvalue weighted by Gasteiger charge is -2.06. The van der Waals surface area contributed by atoms with E-state index in [0.29, 0.717) is 5.92 Å². The molecule has 0 aliphatic rings. The van der Waals surface area contributed by atoms with Gasteiger partial charge in [-0.1, -0.05) is 26.0 Å². The molecule has 0 spiro atoms. The van der Waals surface area contributed by atoms with Crippen molar-refractivity contribution in [3.05, 3.63) is 29.5 Å². The summed E-state index contributed by atoms with van der Waals surface area (Å²) in [6.45, 7) is 6.59. The van der Waals surface area contributed by atoms with Crippen molar-refractivity contribution in [2.45, 2.75) is 26.7 Å². The summed E-state index contributed by atoms with van der Waals surface area (Å²) in [4.78, 5) is 0. The van der Waals surface area contributed by atoms with Gasteiger partial charge in [-0.2, -0.15) is 4.37 Å². The number of nitrogens with zero attached hydrogens (tertiary/aromatic N) is 1. The number of hydrogen-bond acceptors (Lipinski definition) is 2. The van der Waals surface area contributed by atoms with Crippen molar-refractivity contribution in [3.63, 3.8) is 0 Å². The summed E-state index contributed by atoms with van der Waals surface area (Å²) in [6.07, 6.45) is 1.97. The summed E-state index contributed by atoms with van der Waals surface area (Å²) in [5, 5.41) is 1.32. The maximum atomic E-state index is 4.25. The van der Waals surface area contributed by atoms with Crippen LogP contribution in [0.2, 0.25) is 0 Å². The van der Waals surface area contributed by atoms with Gasteiger partial charge in [0.1, 0.15) is 0 Å². The Hall–Kier alpha value is -0.890. The molecule has 0 atom stereocenters. The van der Waals surface area contributed by atoms with Gasteiger partial charge in [-0.25, -0.2) is 0 Å². The lowest BCUT2D eigenvalue weighted by Crippen LogP contribution is -1.87. The smallest absolute Gasteiger partial charge is 0.0587 e. The van der Waals surface area contributed by atoms with Gasteiger partial charge in [0.25, 0.3) is 0 Å². The maximum absolute atomic E-state index is 4.25. The van der Waals surface area contributed by atoms with Crippen LogP contribution < -0.4 is 0 Å². The molecule has 2 rings (SSSR count). The summed E-state index contributed by atoms with van der Waals surface area (Å²) in [7, 11) is 0. The second-order valence-corrected chi connectivity index (χ2v) is 4.50. The van der Waals surface area contributed by atoms with Crippen molar-refractivity contribution in [1.82, 2.24) is 4.37 Å². The lowest BCUT2D eigenvalue weighted by atomic mass is 10.00. The van der Waals surface area contributed by atoms with Gasteiger partial charge in [-0.15, -0.1) is 0 Å². The summed E-state index contributed by atoms with van der Waals surface area (Å²) in [6, 6.07) is 4.41. The van der Waals surface area contributed by atoms with E-state index in [-0.39, 0.29) is 0 Å². The minimum absolute atomic E-state index is 0.587. The molecule has 0 bridgehead atoms. The van der Waals surface area contributed by atoms with Crippen LogP contribution >= 0.6 is 11.5 Å². The van der Waals surface area contributed by atoms with Gasteiger partial charge in [0.05, 0.1) is 4.70 Å². The molecule has 1 aromatic carbocycles. The van der Waals surface area contributed by atoms with Gasteiger partial charge in [0.2, 0.25) is 0 Å². The van der Waals surface area contributed by atoms with E-state index < -0.39 is 0 Å². The molecule has 0 saturated carbocycles. The Labute approximate surface area is 82.6 Å². The number of aryl methyl sites for hydroxylation is 1. The Morgan fingerprint density at radius 2 is 2.08 bits per heavy atom. The van der Waals surface area contributed by atoms with Crippen LogP contribution in [0.4, 0.5) is 0 Å². The summed E-state index contributed by atoms with van der Waals surface area (Å²) < 4.78 is 5.60. The van der Waals surface area contributed by atoms with Gasteiger partial charge >= 0.3 is 0 Å². The molecule has 2 heteroatoms. The molecule has 0 amide bonds. The minimum atomic E-state index is 0.587. The molecule has 0 aliphatic carbocycles. The van der Waals surface area contributed by atoms with E-state index in [2.05, 4.69) is 37.3 Å². The van der Waals surface area contributed by atoms with Crippen molar-refractivity contribution in [2.75, 3.05) is 0 Å². The average molecular weight is 191 g/mol. The monoisotopic (exact) mass is 191 g/mol. The molecule has 0 N–H and O–H groups in total. The first kappa shape index (κ1) is 8.70. The number of benzene rings is 1. The Morgan fingerprint density at radius 3 is 2.77 bits per heavy atom. The van der Waals surface area contributed by atoms with Crippen LogP contribution in [-0.2, 0) is 0 Å². The summed E-state index contributed by atoms with van der Waals surface area (Å²) in [5.74, 6) is 0.587. The molecular weight excluding hydrogens is 178 g/mol. The van der Waals surface area contributed by atoms with Crippen LogP contribution in [0, 0.1) is 6.92 Å². The van der Waals surface area contributed by atoms with Crippen molar-refractivity contribution in [3.8, 4) is 0 Å². The molecule has 1 nitrogen and oxygen atoms in total. The molecule has 1 heterocycles. The molecule has 0 saturated heterocycles. The van der Waals surface area contributed by atoms with Crippen molar-refractivity contribution in [2.24, 2.45) is 0 Å². The zero-order chi connectivity index (χ0) is 9.42. The highest BCUT2D eigenvalue weighted by molar-refractivity contribution is 7.13.